The van der Waals surface area contributed by atoms with Crippen molar-refractivity contribution in [2.45, 2.75) is 201 Å². The molecule has 22 N–H and O–H groups in total. The number of carbonyl (C=O) groups is 8. The number of hydrogen-bond donors (Lipinski definition) is 20. The van der Waals surface area contributed by atoms with E-state index >= 15 is 24.0 Å². The number of phenolic OH excluding ortho intramolecular Hbond substituents is 3. The second-order valence-corrected chi connectivity index (χ2v) is 33.3. The highest BCUT2D eigenvalue weighted by Crippen LogP contribution is 2.51. The van der Waals surface area contributed by atoms with Crippen molar-refractivity contribution in [3.63, 3.8) is 0 Å². The van der Waals surface area contributed by atoms with Crippen molar-refractivity contribution in [3.8, 4) is 68.2 Å². The van der Waals surface area contributed by atoms with Gasteiger partial charge in [-0.25, -0.2) is 4.79 Å². The van der Waals surface area contributed by atoms with Crippen molar-refractivity contribution < 1.29 is 127 Å². The van der Waals surface area contributed by atoms with Crippen LogP contribution in [0.15, 0.2) is 127 Å². The molecule has 0 unspecified atom stereocenters. The quantitative estimate of drug-likeness (QED) is 0.0542. The van der Waals surface area contributed by atoms with E-state index in [-0.39, 0.29) is 59.2 Å². The number of phenols is 3. The Labute approximate surface area is 724 Å². The van der Waals surface area contributed by atoms with E-state index in [0.29, 0.717) is 5.02 Å². The van der Waals surface area contributed by atoms with Crippen molar-refractivity contribution in [3.05, 3.63) is 176 Å². The molecule has 15 rings (SSSR count). The van der Waals surface area contributed by atoms with Gasteiger partial charge < -0.3 is 143 Å². The van der Waals surface area contributed by atoms with Crippen LogP contribution in [0.3, 0.4) is 0 Å². The zero-order valence-corrected chi connectivity index (χ0v) is 69.6. The third-order valence-electron chi connectivity index (χ3n) is 22.5. The van der Waals surface area contributed by atoms with Crippen molar-refractivity contribution in [1.82, 2.24) is 42.5 Å². The number of amides is 7. The second-order valence-electron chi connectivity index (χ2n) is 32.0. The van der Waals surface area contributed by atoms with Gasteiger partial charge in [-0.1, -0.05) is 103 Å². The first-order chi connectivity index (χ1) is 58.8. The summed E-state index contributed by atoms with van der Waals surface area (Å²) in [5, 5.41) is 137. The monoisotopic (exact) mass is 1780 g/mol. The minimum absolute atomic E-state index is 0.118. The number of aromatic hydroxyl groups is 3. The summed E-state index contributed by atoms with van der Waals surface area (Å²) in [6, 6.07) is 13.7. The fourth-order valence-corrected chi connectivity index (χ4v) is 16.4. The molecule has 7 amide bonds. The van der Waals surface area contributed by atoms with Gasteiger partial charge in [0.2, 0.25) is 53.4 Å². The third kappa shape index (κ3) is 20.0. The van der Waals surface area contributed by atoms with Crippen LogP contribution in [0.4, 0.5) is 0 Å². The van der Waals surface area contributed by atoms with Gasteiger partial charge in [0, 0.05) is 58.7 Å². The van der Waals surface area contributed by atoms with Crippen LogP contribution in [0.2, 0.25) is 15.1 Å². The normalized spacial score (nSPS) is 29.3. The van der Waals surface area contributed by atoms with Crippen molar-refractivity contribution >= 4 is 82.1 Å². The number of carboxylic acid groups (broad SMARTS) is 1. The molecule has 0 saturated carbocycles. The molecule has 39 heteroatoms. The number of benzene rings is 7. The lowest BCUT2D eigenvalue weighted by Crippen LogP contribution is -2.63. The average Bonchev–Trinajstić information content (AvgIpc) is 0.762. The van der Waals surface area contributed by atoms with Gasteiger partial charge in [0.1, 0.15) is 89.5 Å². The summed E-state index contributed by atoms with van der Waals surface area (Å²) in [7, 11) is 1.48. The number of aliphatic hydroxyl groups is 6. The minimum Gasteiger partial charge on any atom is -0.508 e. The number of likely N-dealkylation sites (N-methyl/N-ethyl adjacent to an activating group) is 1. The van der Waals surface area contributed by atoms with Gasteiger partial charge in [-0.15, -0.1) is 0 Å². The molecule has 8 aliphatic heterocycles. The smallest absolute Gasteiger partial charge is 0.330 e. The number of hydrogen-bond acceptors (Lipinski definition) is 28. The maximum absolute atomic E-state index is 16.5. The van der Waals surface area contributed by atoms with Crippen molar-refractivity contribution in [2.24, 2.45) is 17.4 Å². The van der Waals surface area contributed by atoms with E-state index in [4.69, 9.17) is 84.2 Å². The molecule has 0 spiro atoms. The molecule has 662 valence electrons. The molecule has 36 nitrogen and oxygen atoms in total. The van der Waals surface area contributed by atoms with Crippen LogP contribution in [-0.2, 0) is 68.6 Å². The lowest BCUT2D eigenvalue weighted by Gasteiger charge is -2.45. The predicted molar refractivity (Wildman–Crippen MR) is 441 cm³/mol. The average molecular weight is 1780 g/mol. The van der Waals surface area contributed by atoms with E-state index < -0.39 is 262 Å². The molecule has 124 heavy (non-hydrogen) atoms. The summed E-state index contributed by atoms with van der Waals surface area (Å²) in [5.74, 6) is -16.1. The Bertz CT molecular complexity index is 5190. The molecule has 3 fully saturated rings. The number of aliphatic hydroxyl groups excluding tert-OH is 6. The lowest BCUT2D eigenvalue weighted by atomic mass is 9.86. The van der Waals surface area contributed by atoms with Crippen LogP contribution in [0.5, 0.6) is 46.0 Å². The topological polar surface area (TPSA) is 561 Å². The molecular formula is C85H95Cl3N10O26. The number of nitrogens with two attached hydrogens (primary N) is 2. The number of rotatable bonds is 19. The van der Waals surface area contributed by atoms with E-state index in [0.717, 1.165) is 65.2 Å². The predicted octanol–water partition coefficient (Wildman–Crippen LogP) is 4.11. The minimum atomic E-state index is -2.39. The summed E-state index contributed by atoms with van der Waals surface area (Å²) in [6.07, 6.45) is -22.7. The third-order valence-corrected chi connectivity index (χ3v) is 23.3. The Balaban J connectivity index is 1.01. The molecule has 0 radical (unpaired) electrons. The first kappa shape index (κ1) is 91.1. The van der Waals surface area contributed by atoms with Crippen LogP contribution in [-0.4, -0.2) is 215 Å². The molecule has 7 aromatic rings. The Morgan fingerprint density at radius 2 is 1.26 bits per heavy atom. The first-order valence-corrected chi connectivity index (χ1v) is 40.8. The van der Waals surface area contributed by atoms with E-state index in [1.807, 2.05) is 50.2 Å². The summed E-state index contributed by atoms with van der Waals surface area (Å²) in [5.41, 5.74) is 10.9. The van der Waals surface area contributed by atoms with E-state index in [1.165, 1.54) is 51.2 Å². The lowest BCUT2D eigenvalue weighted by molar-refractivity contribution is -0.330. The number of ether oxygens (including phenoxy) is 8. The standard InChI is InChI=1S/C85H95Cl3N10O26/c1-34(2)21-51(91-6)77(109)97-67-70(105)41-14-19-55(48(87)23-41)119-57-25-43-26-58(74(57)124-84-75(72(107)71(106)59(33-99)121-84)122-61-30-50(69(104)35(3)117-61)92-32-37-7-9-38(10-8-37)39-11-16-44(86)17-12-39)120-56-20-15-42(24-49(56)88)73(123-62-31-85(5,90)76(108)36(4)118-62)68-82(114)96-66(83(115)116)47-27-45(100)28-54(102)63(47)46-22-40(13-18-53(46)101)64(79(111)98-68)95-80(112)65(43)94-78(110)52(29-60(89)103)93-81(67)113/h7-20,22-28,34-36,50-52,59,61-62,64-73,75-76,84,91-92,99-102,104-108H,21,29-33,90H2,1-6H3,(H2,89,103)(H,93,113)(H,94,110)(H,95,112)(H,96,114)(H,97,109)(H,98,111)(H,115,116)/t35-,36-,50-,51+,52-,59+,61-,62-,64+,65+,66-,67+,68-,69-,70+,71+,72-,73+,75+,76-,84-,85-/m0/s1. The Kier molecular flexibility index (Phi) is 28.0. The zero-order valence-electron chi connectivity index (χ0n) is 67.4. The molecule has 8 aliphatic rings. The number of carbonyl (C=O) groups excluding carboxylic acids is 7. The van der Waals surface area contributed by atoms with E-state index in [9.17, 15) is 65.4 Å². The second kappa shape index (κ2) is 38.1. The number of fused-ring (bicyclic) bond motifs is 15. The van der Waals surface area contributed by atoms with Crippen molar-refractivity contribution in [2.75, 3.05) is 13.7 Å². The Hall–Kier alpha value is -10.6. The SMILES string of the molecule is CN[C@H](CC(C)C)C(=O)N[C@H]1C(=O)N[C@@H](CC(N)=O)C(=O)N[C@H]2C(=O)N[C@H]3C(=O)N[C@H](C(=O)N[C@H](C(=O)O)c4cc(O)cc(O)c4-c4cc3ccc4O)[C@H](O[C@H]3C[C@](C)(N)[C@@H](O)[C@H](C)O3)c3ccc(c(Cl)c3)Oc3cc2cc(c3O[C@@H]2O[C@H](CO)[C@@H](O)[C@H](O)[C@H]2O[C@H]2C[C@H](NCc3ccc(-c4ccc(Cl)cc4)cc3)[C@@H](O)[C@H](C)O2)Oc2ccc(cc2Cl)[C@H]1O. The molecule has 3 saturated heterocycles. The summed E-state index contributed by atoms with van der Waals surface area (Å²) >= 11 is 20.8. The van der Waals surface area contributed by atoms with Gasteiger partial charge in [-0.3, -0.25) is 33.6 Å². The molecule has 0 aliphatic carbocycles. The molecule has 11 bridgehead atoms. The fourth-order valence-electron chi connectivity index (χ4n) is 15.8. The number of carboxylic acids is 1. The van der Waals surface area contributed by atoms with Gasteiger partial charge >= 0.3 is 5.97 Å². The van der Waals surface area contributed by atoms with Crippen LogP contribution < -0.4 is 68.2 Å². The number of nitrogens with one attached hydrogen (secondary N) is 8. The van der Waals surface area contributed by atoms with Gasteiger partial charge in [0.25, 0.3) is 0 Å². The highest BCUT2D eigenvalue weighted by atomic mass is 35.5. The Morgan fingerprint density at radius 1 is 0.645 bits per heavy atom. The van der Waals surface area contributed by atoms with Crippen LogP contribution in [0.25, 0.3) is 22.3 Å². The van der Waals surface area contributed by atoms with Gasteiger partial charge in [-0.05, 0) is 146 Å². The number of primary amides is 1. The molecular weight excluding hydrogens is 1680 g/mol. The van der Waals surface area contributed by atoms with Gasteiger partial charge in [0.15, 0.2) is 36.2 Å². The number of aliphatic carboxylic acids is 1. The maximum atomic E-state index is 16.5. The highest BCUT2D eigenvalue weighted by molar-refractivity contribution is 6.32. The molecule has 22 atom stereocenters. The molecule has 7 aromatic carbocycles. The summed E-state index contributed by atoms with van der Waals surface area (Å²) in [6.45, 7) is 7.37. The van der Waals surface area contributed by atoms with Crippen molar-refractivity contribution in [1.29, 1.82) is 0 Å². The van der Waals surface area contributed by atoms with Gasteiger partial charge in [0.05, 0.1) is 53.5 Å². The van der Waals surface area contributed by atoms with Crippen LogP contribution in [0, 0.1) is 5.92 Å². The maximum Gasteiger partial charge on any atom is 0.330 e. The Morgan fingerprint density at radius 3 is 1.88 bits per heavy atom. The molecule has 0 aromatic heterocycles. The summed E-state index contributed by atoms with van der Waals surface area (Å²) < 4.78 is 52.7. The largest absolute Gasteiger partial charge is 0.508 e. The van der Waals surface area contributed by atoms with E-state index in [2.05, 4.69) is 42.5 Å². The highest BCUT2D eigenvalue weighted by Gasteiger charge is 2.52. The van der Waals surface area contributed by atoms with E-state index in [1.54, 1.807) is 19.1 Å². The van der Waals surface area contributed by atoms with Gasteiger partial charge in [-0.2, -0.15) is 0 Å². The van der Waals surface area contributed by atoms with Crippen LogP contribution >= 0.6 is 34.8 Å². The summed E-state index contributed by atoms with van der Waals surface area (Å²) in [4.78, 5) is 121. The first-order valence-electron chi connectivity index (χ1n) is 39.7. The zero-order chi connectivity index (χ0) is 89.4. The fraction of sp³-hybridized carbons (Fsp3) is 0.412. The number of halogens is 3. The van der Waals surface area contributed by atoms with Crippen LogP contribution in [0.1, 0.15) is 124 Å². The molecule has 8 heterocycles.